The molecule has 0 aliphatic heterocycles. The van der Waals surface area contributed by atoms with E-state index >= 15 is 0 Å². The molecule has 24 heavy (non-hydrogen) atoms. The van der Waals surface area contributed by atoms with Crippen LogP contribution < -0.4 is 5.32 Å². The van der Waals surface area contributed by atoms with Crippen molar-refractivity contribution in [3.8, 4) is 0 Å². The average molecular weight is 369 g/mol. The average Bonchev–Trinajstić information content (AvgIpc) is 3.04. The molecule has 7 heteroatoms. The highest BCUT2D eigenvalue weighted by molar-refractivity contribution is 7.91. The van der Waals surface area contributed by atoms with E-state index in [0.717, 1.165) is 6.07 Å². The quantitative estimate of drug-likeness (QED) is 0.758. The fourth-order valence-corrected chi connectivity index (χ4v) is 5.19. The molecule has 0 saturated carbocycles. The fraction of sp³-hybridized carbons (Fsp3) is 0.353. The van der Waals surface area contributed by atoms with Gasteiger partial charge in [-0.15, -0.1) is 11.3 Å². The highest BCUT2D eigenvalue weighted by Crippen LogP contribution is 2.32. The lowest BCUT2D eigenvalue weighted by atomic mass is 10.2. The Bertz CT molecular complexity index is 801. The van der Waals surface area contributed by atoms with Crippen LogP contribution >= 0.6 is 11.3 Å². The summed E-state index contributed by atoms with van der Waals surface area (Å²) < 4.78 is 39.4. The van der Waals surface area contributed by atoms with Gasteiger partial charge in [0.25, 0.3) is 0 Å². The minimum atomic E-state index is -3.74. The minimum absolute atomic E-state index is 0.00188. The Balaban J connectivity index is 2.34. The molecule has 2 rings (SSSR count). The summed E-state index contributed by atoms with van der Waals surface area (Å²) in [6.07, 6.45) is 1.05. The summed E-state index contributed by atoms with van der Waals surface area (Å²) in [4.78, 5) is 12.4. The molecule has 1 unspecified atom stereocenters. The van der Waals surface area contributed by atoms with Gasteiger partial charge in [-0.1, -0.05) is 13.0 Å². The molecular weight excluding hydrogens is 349 g/mol. The van der Waals surface area contributed by atoms with Crippen molar-refractivity contribution in [2.75, 3.05) is 6.54 Å². The monoisotopic (exact) mass is 369 g/mol. The van der Waals surface area contributed by atoms with Gasteiger partial charge in [0.2, 0.25) is 5.91 Å². The number of benzene rings is 1. The second kappa shape index (κ2) is 7.90. The van der Waals surface area contributed by atoms with E-state index < -0.39 is 20.9 Å². The molecule has 0 aliphatic carbocycles. The molecule has 130 valence electrons. The number of nitrogens with one attached hydrogen (secondary N) is 1. The van der Waals surface area contributed by atoms with Crippen molar-refractivity contribution in [3.05, 3.63) is 52.0 Å². The van der Waals surface area contributed by atoms with Crippen LogP contribution in [-0.4, -0.2) is 20.9 Å². The Morgan fingerprint density at radius 3 is 2.67 bits per heavy atom. The van der Waals surface area contributed by atoms with Gasteiger partial charge in [0.15, 0.2) is 9.84 Å². The maximum absolute atomic E-state index is 13.5. The Morgan fingerprint density at radius 2 is 2.08 bits per heavy atom. The number of amides is 1. The van der Waals surface area contributed by atoms with Crippen LogP contribution in [0.25, 0.3) is 0 Å². The van der Waals surface area contributed by atoms with Crippen molar-refractivity contribution in [2.45, 2.75) is 36.8 Å². The molecular formula is C17H20FNO3S2. The van der Waals surface area contributed by atoms with Crippen LogP contribution in [0.3, 0.4) is 0 Å². The maximum atomic E-state index is 13.5. The normalized spacial score (nSPS) is 12.8. The standard InChI is InChI=1S/C17H20FNO3S2/c1-3-5-17(20)19-11-16(15-6-4-9-23-15)24(21,22)13-7-8-14(18)12(2)10-13/h4,6-10,16H,3,5,11H2,1-2H3,(H,19,20). The predicted octanol–water partition coefficient (Wildman–Crippen LogP) is 3.63. The second-order valence-electron chi connectivity index (χ2n) is 5.51. The molecule has 4 nitrogen and oxygen atoms in total. The SMILES string of the molecule is CCCC(=O)NCC(c1cccs1)S(=O)(=O)c1ccc(F)c(C)c1. The zero-order valence-electron chi connectivity index (χ0n) is 13.6. The number of carbonyl (C=O) groups excluding carboxylic acids is 1. The van der Waals surface area contributed by atoms with E-state index in [1.54, 1.807) is 17.5 Å². The highest BCUT2D eigenvalue weighted by atomic mass is 32.2. The summed E-state index contributed by atoms with van der Waals surface area (Å²) >= 11 is 1.32. The van der Waals surface area contributed by atoms with E-state index in [0.29, 0.717) is 17.7 Å². The van der Waals surface area contributed by atoms with Crippen LogP contribution in [0, 0.1) is 12.7 Å². The van der Waals surface area contributed by atoms with Gasteiger partial charge in [-0.25, -0.2) is 12.8 Å². The Morgan fingerprint density at radius 1 is 1.33 bits per heavy atom. The number of aryl methyl sites for hydroxylation is 1. The summed E-state index contributed by atoms with van der Waals surface area (Å²) in [5.41, 5.74) is 0.274. The van der Waals surface area contributed by atoms with Crippen molar-refractivity contribution in [2.24, 2.45) is 0 Å². The molecule has 0 fully saturated rings. The Hall–Kier alpha value is -1.73. The first-order chi connectivity index (χ1) is 11.4. The van der Waals surface area contributed by atoms with Crippen LogP contribution in [0.1, 0.15) is 35.5 Å². The number of thiophene rings is 1. The molecule has 0 radical (unpaired) electrons. The lowest BCUT2D eigenvalue weighted by Gasteiger charge is -2.18. The van der Waals surface area contributed by atoms with E-state index in [1.165, 1.54) is 30.4 Å². The van der Waals surface area contributed by atoms with Crippen molar-refractivity contribution in [3.63, 3.8) is 0 Å². The molecule has 1 aromatic carbocycles. The number of hydrogen-bond acceptors (Lipinski definition) is 4. The fourth-order valence-electron chi connectivity index (χ4n) is 2.32. The first-order valence-corrected chi connectivity index (χ1v) is 10.1. The number of carbonyl (C=O) groups is 1. The van der Waals surface area contributed by atoms with Gasteiger partial charge >= 0.3 is 0 Å². The van der Waals surface area contributed by atoms with Crippen molar-refractivity contribution >= 4 is 27.1 Å². The van der Waals surface area contributed by atoms with E-state index in [-0.39, 0.29) is 22.9 Å². The number of rotatable bonds is 7. The molecule has 1 aromatic heterocycles. The van der Waals surface area contributed by atoms with Gasteiger partial charge in [-0.05, 0) is 48.6 Å². The summed E-state index contributed by atoms with van der Waals surface area (Å²) in [5, 5.41) is 3.60. The van der Waals surface area contributed by atoms with Crippen molar-refractivity contribution < 1.29 is 17.6 Å². The van der Waals surface area contributed by atoms with E-state index in [1.807, 2.05) is 6.92 Å². The summed E-state index contributed by atoms with van der Waals surface area (Å²) in [6, 6.07) is 7.26. The van der Waals surface area contributed by atoms with Crippen LogP contribution in [0.4, 0.5) is 4.39 Å². The number of hydrogen-bond donors (Lipinski definition) is 1. The van der Waals surface area contributed by atoms with Crippen LogP contribution in [0.2, 0.25) is 0 Å². The molecule has 2 aromatic rings. The van der Waals surface area contributed by atoms with Gasteiger partial charge in [-0.3, -0.25) is 4.79 Å². The lowest BCUT2D eigenvalue weighted by molar-refractivity contribution is -0.121. The molecule has 0 bridgehead atoms. The molecule has 0 aliphatic rings. The second-order valence-corrected chi connectivity index (χ2v) is 8.62. The summed E-state index contributed by atoms with van der Waals surface area (Å²) in [5.74, 6) is -0.623. The smallest absolute Gasteiger partial charge is 0.220 e. The van der Waals surface area contributed by atoms with E-state index in [9.17, 15) is 17.6 Å². The van der Waals surface area contributed by atoms with Gasteiger partial charge in [0.1, 0.15) is 11.1 Å². The lowest BCUT2D eigenvalue weighted by Crippen LogP contribution is -2.31. The van der Waals surface area contributed by atoms with Crippen LogP contribution in [0.15, 0.2) is 40.6 Å². The molecule has 1 amide bonds. The first-order valence-electron chi connectivity index (χ1n) is 7.66. The van der Waals surface area contributed by atoms with E-state index in [4.69, 9.17) is 0 Å². The molecule has 0 saturated heterocycles. The first kappa shape index (κ1) is 18.6. The van der Waals surface area contributed by atoms with Crippen molar-refractivity contribution in [1.82, 2.24) is 5.32 Å². The summed E-state index contributed by atoms with van der Waals surface area (Å²) in [7, 11) is -3.74. The zero-order valence-corrected chi connectivity index (χ0v) is 15.2. The van der Waals surface area contributed by atoms with Crippen LogP contribution in [0.5, 0.6) is 0 Å². The molecule has 0 spiro atoms. The van der Waals surface area contributed by atoms with Gasteiger partial charge in [-0.2, -0.15) is 0 Å². The molecule has 1 heterocycles. The van der Waals surface area contributed by atoms with Crippen LogP contribution in [-0.2, 0) is 14.6 Å². The third kappa shape index (κ3) is 4.21. The van der Waals surface area contributed by atoms with Crippen molar-refractivity contribution in [1.29, 1.82) is 0 Å². The maximum Gasteiger partial charge on any atom is 0.220 e. The number of sulfone groups is 1. The van der Waals surface area contributed by atoms with E-state index in [2.05, 4.69) is 5.32 Å². The Labute approximate surface area is 145 Å². The predicted molar refractivity (Wildman–Crippen MR) is 93.3 cm³/mol. The molecule has 1 atom stereocenters. The van der Waals surface area contributed by atoms with Gasteiger partial charge < -0.3 is 5.32 Å². The molecule has 1 N–H and O–H groups in total. The summed E-state index contributed by atoms with van der Waals surface area (Å²) in [6.45, 7) is 3.41. The van der Waals surface area contributed by atoms with Gasteiger partial charge in [0, 0.05) is 17.8 Å². The minimum Gasteiger partial charge on any atom is -0.354 e. The highest BCUT2D eigenvalue weighted by Gasteiger charge is 2.30. The number of halogens is 1. The van der Waals surface area contributed by atoms with Gasteiger partial charge in [0.05, 0.1) is 4.90 Å². The zero-order chi connectivity index (χ0) is 17.7. The topological polar surface area (TPSA) is 63.2 Å². The third-order valence-electron chi connectivity index (χ3n) is 3.65. The largest absolute Gasteiger partial charge is 0.354 e. The third-order valence-corrected chi connectivity index (χ3v) is 6.87. The Kier molecular flexibility index (Phi) is 6.12.